The summed E-state index contributed by atoms with van der Waals surface area (Å²) in [4.78, 5) is 42.5. The third kappa shape index (κ3) is 2.11. The third-order valence-electron chi connectivity index (χ3n) is 2.64. The highest BCUT2D eigenvalue weighted by atomic mass is 16.5. The van der Waals surface area contributed by atoms with Crippen LogP contribution in [0.4, 0.5) is 0 Å². The molecule has 0 aliphatic heterocycles. The van der Waals surface area contributed by atoms with E-state index in [2.05, 4.69) is 14.7 Å². The quantitative estimate of drug-likeness (QED) is 0.450. The number of Topliss-reactive ketones (excluding diaryl/α,β-unsaturated/α-hetero) is 2. The molecule has 2 rings (SSSR count). The van der Waals surface area contributed by atoms with Gasteiger partial charge in [-0.3, -0.25) is 14.0 Å². The molecule has 0 saturated heterocycles. The highest BCUT2D eigenvalue weighted by Crippen LogP contribution is 2.18. The number of methoxy groups -OCH3 is 2. The number of hydrogen-bond donors (Lipinski definition) is 0. The van der Waals surface area contributed by atoms with Crippen LogP contribution in [0.5, 0.6) is 5.88 Å². The lowest BCUT2D eigenvalue weighted by Gasteiger charge is -2.06. The molecule has 8 nitrogen and oxygen atoms in total. The molecule has 0 aliphatic rings. The number of carbonyl (C=O) groups excluding carboxylic acids is 3. The van der Waals surface area contributed by atoms with Crippen molar-refractivity contribution < 1.29 is 23.9 Å². The van der Waals surface area contributed by atoms with Gasteiger partial charge in [0.1, 0.15) is 5.69 Å². The molecule has 2 heterocycles. The van der Waals surface area contributed by atoms with Crippen LogP contribution in [-0.4, -0.2) is 46.1 Å². The van der Waals surface area contributed by atoms with Crippen LogP contribution in [0, 0.1) is 0 Å². The van der Waals surface area contributed by atoms with Crippen molar-refractivity contribution in [2.45, 2.75) is 6.92 Å². The van der Waals surface area contributed by atoms with Gasteiger partial charge in [-0.15, -0.1) is 0 Å². The van der Waals surface area contributed by atoms with Crippen LogP contribution < -0.4 is 4.74 Å². The molecule has 104 valence electrons. The molecule has 0 saturated carbocycles. The monoisotopic (exact) mass is 277 g/mol. The summed E-state index contributed by atoms with van der Waals surface area (Å²) in [6.45, 7) is 1.34. The SMILES string of the molecule is COC(=O)C(=O)c1cnc2nc(OC)c(C(C)=O)cn12. The van der Waals surface area contributed by atoms with E-state index in [-0.39, 0.29) is 28.7 Å². The van der Waals surface area contributed by atoms with Gasteiger partial charge in [0.2, 0.25) is 11.7 Å². The number of imidazole rings is 1. The Balaban J connectivity index is 2.66. The fourth-order valence-corrected chi connectivity index (χ4v) is 1.66. The second-order valence-electron chi connectivity index (χ2n) is 3.85. The molecule has 0 radical (unpaired) electrons. The number of nitrogens with zero attached hydrogens (tertiary/aromatic N) is 3. The lowest BCUT2D eigenvalue weighted by atomic mass is 10.2. The molecule has 2 aromatic rings. The van der Waals surface area contributed by atoms with Gasteiger partial charge in [-0.1, -0.05) is 0 Å². The van der Waals surface area contributed by atoms with E-state index < -0.39 is 11.8 Å². The maximum atomic E-state index is 11.8. The van der Waals surface area contributed by atoms with Gasteiger partial charge in [0.15, 0.2) is 5.78 Å². The maximum absolute atomic E-state index is 11.8. The molecule has 0 unspecified atom stereocenters. The third-order valence-corrected chi connectivity index (χ3v) is 2.64. The van der Waals surface area contributed by atoms with E-state index in [1.807, 2.05) is 0 Å². The zero-order valence-electron chi connectivity index (χ0n) is 11.0. The van der Waals surface area contributed by atoms with Crippen molar-refractivity contribution in [2.24, 2.45) is 0 Å². The predicted molar refractivity (Wildman–Crippen MR) is 65.9 cm³/mol. The highest BCUT2D eigenvalue weighted by molar-refractivity contribution is 6.40. The summed E-state index contributed by atoms with van der Waals surface area (Å²) in [7, 11) is 2.47. The fourth-order valence-electron chi connectivity index (χ4n) is 1.66. The number of esters is 1. The smallest absolute Gasteiger partial charge is 0.381 e. The van der Waals surface area contributed by atoms with E-state index in [1.165, 1.54) is 30.8 Å². The van der Waals surface area contributed by atoms with Crippen molar-refractivity contribution in [3.05, 3.63) is 23.7 Å². The van der Waals surface area contributed by atoms with Gasteiger partial charge in [-0.05, 0) is 6.92 Å². The number of aromatic nitrogens is 3. The summed E-state index contributed by atoms with van der Waals surface area (Å²) in [5, 5.41) is 0. The Morgan fingerprint density at radius 3 is 2.50 bits per heavy atom. The van der Waals surface area contributed by atoms with Crippen LogP contribution in [-0.2, 0) is 9.53 Å². The molecule has 8 heteroatoms. The first-order chi connectivity index (χ1) is 9.49. The topological polar surface area (TPSA) is 99.9 Å². The van der Waals surface area contributed by atoms with Crippen LogP contribution in [0.3, 0.4) is 0 Å². The van der Waals surface area contributed by atoms with Crippen molar-refractivity contribution in [2.75, 3.05) is 14.2 Å². The Kier molecular flexibility index (Phi) is 3.47. The number of hydrogen-bond acceptors (Lipinski definition) is 7. The Hall–Kier alpha value is -2.77. The van der Waals surface area contributed by atoms with Crippen molar-refractivity contribution in [1.29, 1.82) is 0 Å². The molecular formula is C12H11N3O5. The van der Waals surface area contributed by atoms with Crippen LogP contribution in [0.15, 0.2) is 12.4 Å². The molecule has 0 aliphatic carbocycles. The average molecular weight is 277 g/mol. The summed E-state index contributed by atoms with van der Waals surface area (Å²) < 4.78 is 10.6. The lowest BCUT2D eigenvalue weighted by molar-refractivity contribution is -0.135. The minimum absolute atomic E-state index is 0.0375. The summed E-state index contributed by atoms with van der Waals surface area (Å²) in [6.07, 6.45) is 2.54. The molecule has 20 heavy (non-hydrogen) atoms. The molecule has 2 aromatic heterocycles. The first kappa shape index (κ1) is 13.7. The molecule has 0 bridgehead atoms. The first-order valence-electron chi connectivity index (χ1n) is 5.55. The van der Waals surface area contributed by atoms with Gasteiger partial charge in [-0.2, -0.15) is 4.98 Å². The lowest BCUT2D eigenvalue weighted by Crippen LogP contribution is -2.18. The second-order valence-corrected chi connectivity index (χ2v) is 3.85. The van der Waals surface area contributed by atoms with Crippen LogP contribution in [0.25, 0.3) is 5.78 Å². The number of fused-ring (bicyclic) bond motifs is 1. The summed E-state index contributed by atoms with van der Waals surface area (Å²) in [5.41, 5.74) is 0.140. The van der Waals surface area contributed by atoms with E-state index in [1.54, 1.807) is 0 Å². The molecule has 0 aromatic carbocycles. The Morgan fingerprint density at radius 2 is 1.95 bits per heavy atom. The highest BCUT2D eigenvalue weighted by Gasteiger charge is 2.23. The predicted octanol–water partition coefficient (Wildman–Crippen LogP) is 0.296. The van der Waals surface area contributed by atoms with Crippen LogP contribution in [0.2, 0.25) is 0 Å². The van der Waals surface area contributed by atoms with Gasteiger partial charge < -0.3 is 9.47 Å². The standard InChI is InChI=1S/C12H11N3O5/c1-6(16)7-5-15-8(9(17)11(18)20-3)4-13-12(15)14-10(7)19-2/h4-5H,1-3H3. The van der Waals surface area contributed by atoms with Gasteiger partial charge in [0.25, 0.3) is 5.78 Å². The summed E-state index contributed by atoms with van der Waals surface area (Å²) in [5.74, 6) is -1.94. The normalized spacial score (nSPS) is 10.3. The number of ether oxygens (including phenoxy) is 2. The summed E-state index contributed by atoms with van der Waals surface area (Å²) >= 11 is 0. The van der Waals surface area contributed by atoms with Gasteiger partial charge in [0.05, 0.1) is 26.0 Å². The van der Waals surface area contributed by atoms with Crippen LogP contribution in [0.1, 0.15) is 27.8 Å². The number of carbonyl (C=O) groups is 3. The molecule has 0 fully saturated rings. The summed E-state index contributed by atoms with van der Waals surface area (Å²) in [6, 6.07) is 0. The van der Waals surface area contributed by atoms with Crippen molar-refractivity contribution in [1.82, 2.24) is 14.4 Å². The van der Waals surface area contributed by atoms with Crippen molar-refractivity contribution in [3.8, 4) is 5.88 Å². The maximum Gasteiger partial charge on any atom is 0.381 e. The zero-order valence-corrected chi connectivity index (χ0v) is 11.0. The van der Waals surface area contributed by atoms with E-state index in [0.29, 0.717) is 0 Å². The number of ketones is 2. The number of rotatable bonds is 4. The van der Waals surface area contributed by atoms with Crippen LogP contribution >= 0.6 is 0 Å². The fraction of sp³-hybridized carbons (Fsp3) is 0.250. The Bertz CT molecular complexity index is 719. The Morgan fingerprint density at radius 1 is 1.25 bits per heavy atom. The molecular weight excluding hydrogens is 266 g/mol. The molecule has 0 atom stereocenters. The minimum Gasteiger partial charge on any atom is -0.480 e. The average Bonchev–Trinajstić information content (AvgIpc) is 2.86. The molecule has 0 N–H and O–H groups in total. The Labute approximate surface area is 113 Å². The van der Waals surface area contributed by atoms with Gasteiger partial charge >= 0.3 is 5.97 Å². The van der Waals surface area contributed by atoms with E-state index in [4.69, 9.17) is 4.74 Å². The molecule has 0 spiro atoms. The largest absolute Gasteiger partial charge is 0.480 e. The van der Waals surface area contributed by atoms with E-state index >= 15 is 0 Å². The zero-order chi connectivity index (χ0) is 14.9. The minimum atomic E-state index is -1.02. The van der Waals surface area contributed by atoms with Crippen molar-refractivity contribution in [3.63, 3.8) is 0 Å². The van der Waals surface area contributed by atoms with E-state index in [9.17, 15) is 14.4 Å². The second kappa shape index (κ2) is 5.08. The molecule has 0 amide bonds. The van der Waals surface area contributed by atoms with Gasteiger partial charge in [0, 0.05) is 6.20 Å². The first-order valence-corrected chi connectivity index (χ1v) is 5.55. The van der Waals surface area contributed by atoms with E-state index in [0.717, 1.165) is 7.11 Å². The van der Waals surface area contributed by atoms with Gasteiger partial charge in [-0.25, -0.2) is 9.78 Å². The van der Waals surface area contributed by atoms with Crippen molar-refractivity contribution >= 4 is 23.3 Å².